The number of aryl methyl sites for hydroxylation is 1. The van der Waals surface area contributed by atoms with Crippen LogP contribution in [0.15, 0.2) is 52.6 Å². The van der Waals surface area contributed by atoms with Gasteiger partial charge in [0, 0.05) is 12.1 Å². The van der Waals surface area contributed by atoms with E-state index in [4.69, 9.17) is 5.73 Å². The second-order valence-electron chi connectivity index (χ2n) is 5.92. The summed E-state index contributed by atoms with van der Waals surface area (Å²) in [7, 11) is 0. The lowest BCUT2D eigenvalue weighted by Crippen LogP contribution is -2.29. The summed E-state index contributed by atoms with van der Waals surface area (Å²) in [6.07, 6.45) is 0.965. The summed E-state index contributed by atoms with van der Waals surface area (Å²) in [5, 5.41) is 2.03. The number of hydrogen-bond donors (Lipinski definition) is 1. The second kappa shape index (κ2) is 5.76. The largest absolute Gasteiger partial charge is 0.369 e. The predicted molar refractivity (Wildman–Crippen MR) is 96.1 cm³/mol. The first kappa shape index (κ1) is 14.9. The number of pyridine rings is 1. The molecule has 24 heavy (non-hydrogen) atoms. The molecule has 2 N–H and O–H groups in total. The lowest BCUT2D eigenvalue weighted by Gasteiger charge is -2.23. The van der Waals surface area contributed by atoms with Crippen LogP contribution in [0, 0.1) is 0 Å². The van der Waals surface area contributed by atoms with Gasteiger partial charge in [0.1, 0.15) is 0 Å². The van der Waals surface area contributed by atoms with Gasteiger partial charge in [-0.1, -0.05) is 30.3 Å². The number of hydrogen-bond acceptors (Lipinski definition) is 3. The van der Waals surface area contributed by atoms with Gasteiger partial charge in [-0.05, 0) is 40.6 Å². The number of benzene rings is 1. The number of carbonyl (C=O) groups is 1. The van der Waals surface area contributed by atoms with Crippen LogP contribution in [0.25, 0.3) is 21.7 Å². The van der Waals surface area contributed by atoms with Crippen LogP contribution < -0.4 is 11.3 Å². The topological polar surface area (TPSA) is 65.1 Å². The first-order valence-electron chi connectivity index (χ1n) is 7.82. The van der Waals surface area contributed by atoms with Gasteiger partial charge in [0.05, 0.1) is 17.0 Å². The molecule has 4 rings (SSSR count). The molecule has 0 fully saturated rings. The molecule has 0 radical (unpaired) electrons. The molecule has 0 bridgehead atoms. The van der Waals surface area contributed by atoms with Crippen molar-refractivity contribution < 1.29 is 4.79 Å². The number of nitrogens with two attached hydrogens (primary N) is 1. The molecule has 0 saturated carbocycles. The highest BCUT2D eigenvalue weighted by atomic mass is 32.1. The fourth-order valence-electron chi connectivity index (χ4n) is 3.33. The first-order valence-corrected chi connectivity index (χ1v) is 8.70. The Hall–Kier alpha value is -2.66. The lowest BCUT2D eigenvalue weighted by atomic mass is 9.96. The summed E-state index contributed by atoms with van der Waals surface area (Å²) in [6.45, 7) is 0.629. The monoisotopic (exact) mass is 336 g/mol. The predicted octanol–water partition coefficient (Wildman–Crippen LogP) is 2.83. The molecular formula is C19H16N2O2S. The molecule has 1 aliphatic heterocycles. The molecule has 1 amide bonds. The minimum absolute atomic E-state index is 0.0107. The highest BCUT2D eigenvalue weighted by molar-refractivity contribution is 7.13. The van der Waals surface area contributed by atoms with Crippen molar-refractivity contribution in [2.24, 2.45) is 5.73 Å². The van der Waals surface area contributed by atoms with Crippen LogP contribution >= 0.6 is 11.3 Å². The summed E-state index contributed by atoms with van der Waals surface area (Å²) in [4.78, 5) is 25.7. The number of thiophene rings is 1. The van der Waals surface area contributed by atoms with Crippen LogP contribution in [0.5, 0.6) is 0 Å². The van der Waals surface area contributed by atoms with Crippen molar-refractivity contribution in [1.82, 2.24) is 4.57 Å². The normalized spacial score (nSPS) is 12.5. The molecule has 1 aromatic carbocycles. The Bertz CT molecular complexity index is 986. The third-order valence-corrected chi connectivity index (χ3v) is 5.35. The van der Waals surface area contributed by atoms with Crippen LogP contribution in [-0.2, 0) is 24.2 Å². The smallest absolute Gasteiger partial charge is 0.258 e. The van der Waals surface area contributed by atoms with Gasteiger partial charge in [0.25, 0.3) is 5.56 Å². The Morgan fingerprint density at radius 2 is 2.00 bits per heavy atom. The number of primary amides is 1. The number of nitrogens with zero attached hydrogens (tertiary/aromatic N) is 1. The number of aromatic nitrogens is 1. The van der Waals surface area contributed by atoms with Gasteiger partial charge >= 0.3 is 0 Å². The molecule has 3 heterocycles. The molecule has 1 aliphatic rings. The molecule has 5 heteroatoms. The first-order chi connectivity index (χ1) is 11.6. The van der Waals surface area contributed by atoms with E-state index < -0.39 is 0 Å². The Kier molecular flexibility index (Phi) is 3.58. The van der Waals surface area contributed by atoms with Gasteiger partial charge in [0.2, 0.25) is 5.91 Å². The second-order valence-corrected chi connectivity index (χ2v) is 6.84. The van der Waals surface area contributed by atoms with Crippen molar-refractivity contribution in [2.75, 3.05) is 0 Å². The summed E-state index contributed by atoms with van der Waals surface area (Å²) in [6, 6.07) is 13.5. The van der Waals surface area contributed by atoms with Crippen LogP contribution in [-0.4, -0.2) is 10.5 Å². The molecule has 3 aromatic rings. The maximum atomic E-state index is 13.0. The van der Waals surface area contributed by atoms with E-state index in [1.807, 2.05) is 41.8 Å². The third-order valence-electron chi connectivity index (χ3n) is 4.38. The van der Waals surface area contributed by atoms with Crippen LogP contribution in [0.4, 0.5) is 0 Å². The Morgan fingerprint density at radius 3 is 2.75 bits per heavy atom. The minimum Gasteiger partial charge on any atom is -0.369 e. The van der Waals surface area contributed by atoms with Gasteiger partial charge in [-0.2, -0.15) is 0 Å². The number of fused-ring (bicyclic) bond motifs is 3. The zero-order valence-corrected chi connectivity index (χ0v) is 13.8. The van der Waals surface area contributed by atoms with Crippen molar-refractivity contribution in [2.45, 2.75) is 19.4 Å². The highest BCUT2D eigenvalue weighted by Crippen LogP contribution is 2.36. The van der Waals surface area contributed by atoms with E-state index in [0.29, 0.717) is 12.1 Å². The maximum Gasteiger partial charge on any atom is 0.258 e. The van der Waals surface area contributed by atoms with Crippen LogP contribution in [0.3, 0.4) is 0 Å². The summed E-state index contributed by atoms with van der Waals surface area (Å²) in [5.41, 5.74) is 9.84. The van der Waals surface area contributed by atoms with E-state index in [2.05, 4.69) is 6.07 Å². The Balaban J connectivity index is 2.02. The average Bonchev–Trinajstić information content (AvgIpc) is 3.06. The molecule has 2 aromatic heterocycles. The van der Waals surface area contributed by atoms with E-state index in [9.17, 15) is 9.59 Å². The van der Waals surface area contributed by atoms with Gasteiger partial charge in [-0.25, -0.2) is 0 Å². The van der Waals surface area contributed by atoms with Gasteiger partial charge in [-0.3, -0.25) is 9.59 Å². The van der Waals surface area contributed by atoms with E-state index in [1.165, 1.54) is 5.56 Å². The van der Waals surface area contributed by atoms with E-state index in [1.54, 1.807) is 15.9 Å². The van der Waals surface area contributed by atoms with Gasteiger partial charge < -0.3 is 10.3 Å². The van der Waals surface area contributed by atoms with Gasteiger partial charge in [0.15, 0.2) is 0 Å². The molecule has 0 saturated heterocycles. The van der Waals surface area contributed by atoms with Gasteiger partial charge in [-0.15, -0.1) is 11.3 Å². The SMILES string of the molecule is NC(=O)Cc1cc(-c2ccccc2)c(=O)n2c1-c1sccc1CC2. The van der Waals surface area contributed by atoms with Crippen molar-refractivity contribution in [3.63, 3.8) is 0 Å². The average molecular weight is 336 g/mol. The molecule has 0 unspecified atom stereocenters. The van der Waals surface area contributed by atoms with E-state index in [-0.39, 0.29) is 17.9 Å². The molecule has 0 aliphatic carbocycles. The van der Waals surface area contributed by atoms with E-state index >= 15 is 0 Å². The molecule has 0 atom stereocenters. The molecule has 0 spiro atoms. The van der Waals surface area contributed by atoms with Crippen molar-refractivity contribution in [3.8, 4) is 21.7 Å². The summed E-state index contributed by atoms with van der Waals surface area (Å²) in [5.74, 6) is -0.390. The van der Waals surface area contributed by atoms with E-state index in [0.717, 1.165) is 28.1 Å². The fourth-order valence-corrected chi connectivity index (χ4v) is 4.37. The molecule has 4 nitrogen and oxygen atoms in total. The third kappa shape index (κ3) is 2.37. The zero-order valence-electron chi connectivity index (χ0n) is 13.0. The van der Waals surface area contributed by atoms with Crippen LogP contribution in [0.1, 0.15) is 11.1 Å². The minimum atomic E-state index is -0.390. The quantitative estimate of drug-likeness (QED) is 0.799. The number of carbonyl (C=O) groups excluding carboxylic acids is 1. The number of amides is 1. The standard InChI is InChI=1S/C19H16N2O2S/c20-16(22)11-14-10-15(12-4-2-1-3-5-12)19(23)21-8-6-13-7-9-24-18(13)17(14)21/h1-5,7,9-10H,6,8,11H2,(H2,20,22). The molecule has 120 valence electrons. The zero-order chi connectivity index (χ0) is 16.7. The van der Waals surface area contributed by atoms with Crippen LogP contribution in [0.2, 0.25) is 0 Å². The van der Waals surface area contributed by atoms with Crippen molar-refractivity contribution >= 4 is 17.2 Å². The summed E-state index contributed by atoms with van der Waals surface area (Å²) >= 11 is 1.61. The Labute approximate surface area is 143 Å². The molecular weight excluding hydrogens is 320 g/mol. The highest BCUT2D eigenvalue weighted by Gasteiger charge is 2.24. The fraction of sp³-hybridized carbons (Fsp3) is 0.158. The Morgan fingerprint density at radius 1 is 1.21 bits per heavy atom. The van der Waals surface area contributed by atoms with Crippen molar-refractivity contribution in [3.05, 3.63) is 69.3 Å². The maximum absolute atomic E-state index is 13.0. The number of rotatable bonds is 3. The lowest BCUT2D eigenvalue weighted by molar-refractivity contribution is -0.117. The van der Waals surface area contributed by atoms with Crippen molar-refractivity contribution in [1.29, 1.82) is 0 Å². The summed E-state index contributed by atoms with van der Waals surface area (Å²) < 4.78 is 1.80.